The van der Waals surface area contributed by atoms with Gasteiger partial charge in [-0.3, -0.25) is 4.79 Å². The SMILES string of the molecule is CCc1ccc(/C=N/NC(=O)COc2ccc(CC)cc2)cc1. The topological polar surface area (TPSA) is 50.7 Å². The molecule has 0 unspecified atom stereocenters. The van der Waals surface area contributed by atoms with E-state index in [0.717, 1.165) is 18.4 Å². The first-order chi connectivity index (χ1) is 11.2. The van der Waals surface area contributed by atoms with Crippen molar-refractivity contribution in [2.45, 2.75) is 26.7 Å². The average molecular weight is 310 g/mol. The molecule has 2 aromatic rings. The molecule has 120 valence electrons. The number of carbonyl (C=O) groups is 1. The third-order valence-corrected chi connectivity index (χ3v) is 3.49. The summed E-state index contributed by atoms with van der Waals surface area (Å²) >= 11 is 0. The molecule has 0 atom stereocenters. The van der Waals surface area contributed by atoms with E-state index in [-0.39, 0.29) is 12.5 Å². The van der Waals surface area contributed by atoms with Gasteiger partial charge in [-0.1, -0.05) is 50.2 Å². The smallest absolute Gasteiger partial charge is 0.277 e. The summed E-state index contributed by atoms with van der Waals surface area (Å²) in [7, 11) is 0. The van der Waals surface area contributed by atoms with E-state index in [9.17, 15) is 4.79 Å². The molecule has 4 heteroatoms. The summed E-state index contributed by atoms with van der Waals surface area (Å²) in [4.78, 5) is 11.7. The summed E-state index contributed by atoms with van der Waals surface area (Å²) in [5, 5.41) is 3.93. The van der Waals surface area contributed by atoms with Crippen LogP contribution in [0.4, 0.5) is 0 Å². The number of nitrogens with one attached hydrogen (secondary N) is 1. The Morgan fingerprint density at radius 3 is 2.13 bits per heavy atom. The molecule has 1 N–H and O–H groups in total. The molecule has 0 heterocycles. The lowest BCUT2D eigenvalue weighted by molar-refractivity contribution is -0.123. The largest absolute Gasteiger partial charge is 0.484 e. The maximum atomic E-state index is 11.7. The zero-order chi connectivity index (χ0) is 16.5. The highest BCUT2D eigenvalue weighted by molar-refractivity contribution is 5.82. The third-order valence-electron chi connectivity index (χ3n) is 3.49. The number of hydrazone groups is 1. The fourth-order valence-corrected chi connectivity index (χ4v) is 2.02. The fourth-order valence-electron chi connectivity index (χ4n) is 2.02. The second-order valence-electron chi connectivity index (χ2n) is 5.17. The molecule has 1 amide bonds. The maximum absolute atomic E-state index is 11.7. The van der Waals surface area contributed by atoms with Crippen LogP contribution in [-0.2, 0) is 17.6 Å². The molecule has 23 heavy (non-hydrogen) atoms. The van der Waals surface area contributed by atoms with Gasteiger partial charge in [0.15, 0.2) is 6.61 Å². The Morgan fingerprint density at radius 1 is 1.00 bits per heavy atom. The lowest BCUT2D eigenvalue weighted by Gasteiger charge is -2.05. The van der Waals surface area contributed by atoms with Gasteiger partial charge in [0.1, 0.15) is 5.75 Å². The standard InChI is InChI=1S/C19H22N2O2/c1-3-15-5-7-17(8-6-15)13-20-21-19(22)14-23-18-11-9-16(4-2)10-12-18/h5-13H,3-4,14H2,1-2H3,(H,21,22)/b20-13+. The highest BCUT2D eigenvalue weighted by atomic mass is 16.5. The first kappa shape index (κ1) is 16.7. The van der Waals surface area contributed by atoms with Crippen molar-refractivity contribution >= 4 is 12.1 Å². The lowest BCUT2D eigenvalue weighted by Crippen LogP contribution is -2.24. The summed E-state index contributed by atoms with van der Waals surface area (Å²) in [6, 6.07) is 15.8. The van der Waals surface area contributed by atoms with Gasteiger partial charge in [0.05, 0.1) is 6.21 Å². The van der Waals surface area contributed by atoms with Crippen LogP contribution in [0.3, 0.4) is 0 Å². The second kappa shape index (κ2) is 8.73. The fraction of sp³-hybridized carbons (Fsp3) is 0.263. The molecular formula is C19H22N2O2. The van der Waals surface area contributed by atoms with Crippen molar-refractivity contribution in [1.82, 2.24) is 5.43 Å². The monoisotopic (exact) mass is 310 g/mol. The molecule has 0 fully saturated rings. The van der Waals surface area contributed by atoms with E-state index < -0.39 is 0 Å². The normalized spacial score (nSPS) is 10.7. The number of carbonyl (C=O) groups excluding carboxylic acids is 1. The minimum atomic E-state index is -0.286. The third kappa shape index (κ3) is 5.58. The Labute approximate surface area is 137 Å². The van der Waals surface area contributed by atoms with Crippen molar-refractivity contribution in [1.29, 1.82) is 0 Å². The van der Waals surface area contributed by atoms with Gasteiger partial charge in [0.25, 0.3) is 5.91 Å². The van der Waals surface area contributed by atoms with E-state index in [1.165, 1.54) is 11.1 Å². The van der Waals surface area contributed by atoms with E-state index in [2.05, 4.69) is 24.4 Å². The number of rotatable bonds is 7. The Hall–Kier alpha value is -2.62. The minimum Gasteiger partial charge on any atom is -0.484 e. The average Bonchev–Trinajstić information content (AvgIpc) is 2.61. The van der Waals surface area contributed by atoms with Crippen molar-refractivity contribution in [3.63, 3.8) is 0 Å². The van der Waals surface area contributed by atoms with Crippen LogP contribution < -0.4 is 10.2 Å². The van der Waals surface area contributed by atoms with E-state index in [0.29, 0.717) is 5.75 Å². The maximum Gasteiger partial charge on any atom is 0.277 e. The van der Waals surface area contributed by atoms with Crippen molar-refractivity contribution in [3.05, 3.63) is 65.2 Å². The van der Waals surface area contributed by atoms with Crippen molar-refractivity contribution in [2.75, 3.05) is 6.61 Å². The van der Waals surface area contributed by atoms with Crippen molar-refractivity contribution in [2.24, 2.45) is 5.10 Å². The van der Waals surface area contributed by atoms with Gasteiger partial charge in [0.2, 0.25) is 0 Å². The van der Waals surface area contributed by atoms with Gasteiger partial charge in [-0.25, -0.2) is 5.43 Å². The molecule has 2 rings (SSSR count). The molecule has 0 saturated heterocycles. The molecule has 0 aliphatic heterocycles. The molecule has 0 radical (unpaired) electrons. The van der Waals surface area contributed by atoms with Gasteiger partial charge in [0, 0.05) is 0 Å². The van der Waals surface area contributed by atoms with Crippen LogP contribution in [0.25, 0.3) is 0 Å². The molecule has 4 nitrogen and oxygen atoms in total. The number of ether oxygens (including phenoxy) is 1. The second-order valence-corrected chi connectivity index (χ2v) is 5.17. The van der Waals surface area contributed by atoms with Crippen LogP contribution in [0.15, 0.2) is 53.6 Å². The van der Waals surface area contributed by atoms with Crippen LogP contribution >= 0.6 is 0 Å². The summed E-state index contributed by atoms with van der Waals surface area (Å²) in [6.07, 6.45) is 3.60. The zero-order valence-corrected chi connectivity index (χ0v) is 13.6. The van der Waals surface area contributed by atoms with Crippen LogP contribution in [-0.4, -0.2) is 18.7 Å². The molecular weight excluding hydrogens is 288 g/mol. The molecule has 0 aromatic heterocycles. The van der Waals surface area contributed by atoms with E-state index in [1.54, 1.807) is 6.21 Å². The van der Waals surface area contributed by atoms with Crippen molar-refractivity contribution in [3.8, 4) is 5.75 Å². The summed E-state index contributed by atoms with van der Waals surface area (Å²) in [5.74, 6) is 0.391. The zero-order valence-electron chi connectivity index (χ0n) is 13.6. The highest BCUT2D eigenvalue weighted by Gasteiger charge is 2.01. The number of nitrogens with zero attached hydrogens (tertiary/aromatic N) is 1. The van der Waals surface area contributed by atoms with Gasteiger partial charge >= 0.3 is 0 Å². The molecule has 0 saturated carbocycles. The first-order valence-corrected chi connectivity index (χ1v) is 7.84. The van der Waals surface area contributed by atoms with E-state index >= 15 is 0 Å². The van der Waals surface area contributed by atoms with Gasteiger partial charge in [-0.05, 0) is 41.7 Å². The number of amides is 1. The predicted octanol–water partition coefficient (Wildman–Crippen LogP) is 3.34. The Kier molecular flexibility index (Phi) is 6.36. The van der Waals surface area contributed by atoms with Crippen LogP contribution in [0.5, 0.6) is 5.75 Å². The molecule has 0 bridgehead atoms. The lowest BCUT2D eigenvalue weighted by atomic mass is 10.1. The first-order valence-electron chi connectivity index (χ1n) is 7.84. The summed E-state index contributed by atoms with van der Waals surface area (Å²) < 4.78 is 5.41. The highest BCUT2D eigenvalue weighted by Crippen LogP contribution is 2.12. The van der Waals surface area contributed by atoms with E-state index in [1.807, 2.05) is 48.5 Å². The molecule has 2 aromatic carbocycles. The van der Waals surface area contributed by atoms with Crippen LogP contribution in [0.2, 0.25) is 0 Å². The van der Waals surface area contributed by atoms with Crippen LogP contribution in [0, 0.1) is 0 Å². The number of benzene rings is 2. The quantitative estimate of drug-likeness (QED) is 0.630. The molecule has 0 aliphatic carbocycles. The van der Waals surface area contributed by atoms with Gasteiger partial charge in [-0.15, -0.1) is 0 Å². The summed E-state index contributed by atoms with van der Waals surface area (Å²) in [5.41, 5.74) is 5.91. The van der Waals surface area contributed by atoms with E-state index in [4.69, 9.17) is 4.74 Å². The Morgan fingerprint density at radius 2 is 1.57 bits per heavy atom. The number of aryl methyl sites for hydroxylation is 2. The Balaban J connectivity index is 1.76. The molecule has 0 aliphatic rings. The predicted molar refractivity (Wildman–Crippen MR) is 92.9 cm³/mol. The summed E-state index contributed by atoms with van der Waals surface area (Å²) in [6.45, 7) is 4.15. The number of hydrogen-bond donors (Lipinski definition) is 1. The number of hydrogen-bond acceptors (Lipinski definition) is 3. The minimum absolute atomic E-state index is 0.0580. The van der Waals surface area contributed by atoms with Gasteiger partial charge in [-0.2, -0.15) is 5.10 Å². The van der Waals surface area contributed by atoms with Gasteiger partial charge < -0.3 is 4.74 Å². The van der Waals surface area contributed by atoms with Crippen LogP contribution in [0.1, 0.15) is 30.5 Å². The Bertz CT molecular complexity index is 646. The van der Waals surface area contributed by atoms with Crippen molar-refractivity contribution < 1.29 is 9.53 Å². The molecule has 0 spiro atoms.